The molecule has 2 aromatic rings. The van der Waals surface area contributed by atoms with Gasteiger partial charge in [0, 0.05) is 11.0 Å². The lowest BCUT2D eigenvalue weighted by Gasteiger charge is -2.09. The molecule has 120 valence electrons. The Morgan fingerprint density at radius 3 is 2.39 bits per heavy atom. The van der Waals surface area contributed by atoms with Gasteiger partial charge in [0.1, 0.15) is 0 Å². The Morgan fingerprint density at radius 1 is 1.17 bits per heavy atom. The van der Waals surface area contributed by atoms with Crippen molar-refractivity contribution in [2.24, 2.45) is 0 Å². The highest BCUT2D eigenvalue weighted by molar-refractivity contribution is 7.99. The van der Waals surface area contributed by atoms with Crippen molar-refractivity contribution >= 4 is 23.4 Å². The van der Waals surface area contributed by atoms with Gasteiger partial charge in [0.2, 0.25) is 0 Å². The zero-order valence-corrected chi connectivity index (χ0v) is 13.9. The first-order chi connectivity index (χ1) is 10.9. The smallest absolute Gasteiger partial charge is 0.338 e. The summed E-state index contributed by atoms with van der Waals surface area (Å²) in [6, 6.07) is 12.1. The van der Waals surface area contributed by atoms with Gasteiger partial charge in [0.25, 0.3) is 5.69 Å². The molecule has 0 atom stereocenters. The number of carbonyl (C=O) groups is 1. The van der Waals surface area contributed by atoms with E-state index in [1.54, 1.807) is 26.0 Å². The van der Waals surface area contributed by atoms with Gasteiger partial charge in [0.15, 0.2) is 0 Å². The van der Waals surface area contributed by atoms with E-state index in [0.29, 0.717) is 4.90 Å². The van der Waals surface area contributed by atoms with Gasteiger partial charge in [-0.05, 0) is 45.0 Å². The van der Waals surface area contributed by atoms with Crippen LogP contribution >= 0.6 is 11.8 Å². The largest absolute Gasteiger partial charge is 0.459 e. The number of benzene rings is 2. The van der Waals surface area contributed by atoms with Crippen LogP contribution in [-0.4, -0.2) is 17.0 Å². The van der Waals surface area contributed by atoms with Crippen LogP contribution in [0.4, 0.5) is 5.69 Å². The lowest BCUT2D eigenvalue weighted by molar-refractivity contribution is -0.387. The lowest BCUT2D eigenvalue weighted by Crippen LogP contribution is -2.11. The highest BCUT2D eigenvalue weighted by Gasteiger charge is 2.19. The fourth-order valence-electron chi connectivity index (χ4n) is 1.89. The molecule has 5 nitrogen and oxygen atoms in total. The van der Waals surface area contributed by atoms with E-state index in [9.17, 15) is 14.9 Å². The summed E-state index contributed by atoms with van der Waals surface area (Å²) in [6.45, 7) is 5.44. The van der Waals surface area contributed by atoms with E-state index in [2.05, 4.69) is 0 Å². The Kier molecular flexibility index (Phi) is 5.39. The number of hydrogen-bond acceptors (Lipinski definition) is 5. The van der Waals surface area contributed by atoms with Crippen molar-refractivity contribution in [3.63, 3.8) is 0 Å². The molecule has 0 aromatic heterocycles. The molecule has 0 unspecified atom stereocenters. The van der Waals surface area contributed by atoms with Crippen molar-refractivity contribution in [1.29, 1.82) is 0 Å². The minimum Gasteiger partial charge on any atom is -0.459 e. The summed E-state index contributed by atoms with van der Waals surface area (Å²) in [5, 5.41) is 11.3. The van der Waals surface area contributed by atoms with Crippen molar-refractivity contribution in [1.82, 2.24) is 0 Å². The van der Waals surface area contributed by atoms with Gasteiger partial charge < -0.3 is 4.74 Å². The topological polar surface area (TPSA) is 69.4 Å². The molecule has 2 aromatic carbocycles. The summed E-state index contributed by atoms with van der Waals surface area (Å²) in [7, 11) is 0. The van der Waals surface area contributed by atoms with E-state index in [1.165, 1.54) is 17.8 Å². The number of carbonyl (C=O) groups excluding carboxylic acids is 1. The number of esters is 1. The number of aryl methyl sites for hydroxylation is 1. The first-order valence-electron chi connectivity index (χ1n) is 7.11. The Bertz CT molecular complexity index is 726. The zero-order chi connectivity index (χ0) is 17.0. The zero-order valence-electron chi connectivity index (χ0n) is 13.1. The predicted molar refractivity (Wildman–Crippen MR) is 88.9 cm³/mol. The fraction of sp³-hybridized carbons (Fsp3) is 0.235. The van der Waals surface area contributed by atoms with Crippen LogP contribution in [0.15, 0.2) is 52.3 Å². The normalized spacial score (nSPS) is 10.6. The lowest BCUT2D eigenvalue weighted by atomic mass is 10.2. The Labute approximate surface area is 138 Å². The molecule has 0 aliphatic heterocycles. The first kappa shape index (κ1) is 17.0. The highest BCUT2D eigenvalue weighted by Crippen LogP contribution is 2.35. The van der Waals surface area contributed by atoms with Crippen LogP contribution in [0.3, 0.4) is 0 Å². The van der Waals surface area contributed by atoms with E-state index in [4.69, 9.17) is 4.74 Å². The van der Waals surface area contributed by atoms with E-state index in [-0.39, 0.29) is 17.4 Å². The van der Waals surface area contributed by atoms with Crippen molar-refractivity contribution < 1.29 is 14.5 Å². The van der Waals surface area contributed by atoms with Crippen LogP contribution in [-0.2, 0) is 4.74 Å². The maximum atomic E-state index is 11.9. The molecule has 0 aliphatic rings. The third kappa shape index (κ3) is 4.56. The molecule has 0 aliphatic carbocycles. The number of ether oxygens (including phenoxy) is 1. The molecule has 0 N–H and O–H groups in total. The van der Waals surface area contributed by atoms with Crippen molar-refractivity contribution in [2.45, 2.75) is 36.7 Å². The number of nitrogens with zero attached hydrogens (tertiary/aromatic N) is 1. The van der Waals surface area contributed by atoms with Crippen LogP contribution in [0.1, 0.15) is 29.8 Å². The Balaban J connectivity index is 2.31. The fourth-order valence-corrected chi connectivity index (χ4v) is 2.79. The third-order valence-electron chi connectivity index (χ3n) is 2.98. The van der Waals surface area contributed by atoms with E-state index in [1.807, 2.05) is 31.2 Å². The van der Waals surface area contributed by atoms with E-state index < -0.39 is 10.9 Å². The second-order valence-corrected chi connectivity index (χ2v) is 6.42. The van der Waals surface area contributed by atoms with Gasteiger partial charge in [-0.15, -0.1) is 0 Å². The molecule has 0 radical (unpaired) electrons. The van der Waals surface area contributed by atoms with E-state index >= 15 is 0 Å². The Hall–Kier alpha value is -2.34. The molecular formula is C17H17NO4S. The first-order valence-corrected chi connectivity index (χ1v) is 7.92. The molecule has 6 heteroatoms. The van der Waals surface area contributed by atoms with Gasteiger partial charge >= 0.3 is 5.97 Å². The summed E-state index contributed by atoms with van der Waals surface area (Å²) < 4.78 is 5.07. The van der Waals surface area contributed by atoms with Crippen molar-refractivity contribution in [3.05, 3.63) is 63.7 Å². The van der Waals surface area contributed by atoms with Crippen LogP contribution in [0, 0.1) is 17.0 Å². The molecule has 23 heavy (non-hydrogen) atoms. The molecule has 0 bridgehead atoms. The molecule has 0 saturated carbocycles. The molecule has 0 saturated heterocycles. The van der Waals surface area contributed by atoms with Crippen molar-refractivity contribution in [3.8, 4) is 0 Å². The van der Waals surface area contributed by atoms with Gasteiger partial charge in [-0.3, -0.25) is 10.1 Å². The van der Waals surface area contributed by atoms with Gasteiger partial charge in [-0.1, -0.05) is 29.5 Å². The third-order valence-corrected chi connectivity index (χ3v) is 4.06. The van der Waals surface area contributed by atoms with E-state index in [0.717, 1.165) is 10.5 Å². The molecule has 0 fully saturated rings. The average molecular weight is 331 g/mol. The van der Waals surface area contributed by atoms with Crippen molar-refractivity contribution in [2.75, 3.05) is 0 Å². The summed E-state index contributed by atoms with van der Waals surface area (Å²) in [5.41, 5.74) is 1.20. The highest BCUT2D eigenvalue weighted by atomic mass is 32.2. The molecule has 2 rings (SSSR count). The second-order valence-electron chi connectivity index (χ2n) is 5.31. The quantitative estimate of drug-likeness (QED) is 0.454. The number of nitro groups is 1. The van der Waals surface area contributed by atoms with Crippen LogP contribution < -0.4 is 0 Å². The van der Waals surface area contributed by atoms with Crippen LogP contribution in [0.25, 0.3) is 0 Å². The maximum absolute atomic E-state index is 11.9. The van der Waals surface area contributed by atoms with Crippen LogP contribution in [0.2, 0.25) is 0 Å². The summed E-state index contributed by atoms with van der Waals surface area (Å²) in [6.07, 6.45) is -0.275. The second kappa shape index (κ2) is 7.28. The SMILES string of the molecule is Cc1ccc(Sc2ccc(C(=O)OC(C)C)cc2[N+](=O)[O-])cc1. The van der Waals surface area contributed by atoms with Gasteiger partial charge in [0.05, 0.1) is 21.5 Å². The number of hydrogen-bond donors (Lipinski definition) is 0. The summed E-state index contributed by atoms with van der Waals surface area (Å²) in [4.78, 5) is 24.1. The predicted octanol–water partition coefficient (Wildman–Crippen LogP) is 4.62. The minimum atomic E-state index is -0.560. The van der Waals surface area contributed by atoms with Crippen LogP contribution in [0.5, 0.6) is 0 Å². The number of rotatable bonds is 5. The van der Waals surface area contributed by atoms with Gasteiger partial charge in [-0.25, -0.2) is 4.79 Å². The molecular weight excluding hydrogens is 314 g/mol. The average Bonchev–Trinajstić information content (AvgIpc) is 2.49. The maximum Gasteiger partial charge on any atom is 0.338 e. The summed E-state index contributed by atoms with van der Waals surface area (Å²) in [5.74, 6) is -0.560. The molecule has 0 spiro atoms. The van der Waals surface area contributed by atoms with Gasteiger partial charge in [-0.2, -0.15) is 0 Å². The molecule has 0 amide bonds. The number of nitro benzene ring substituents is 1. The Morgan fingerprint density at radius 2 is 1.83 bits per heavy atom. The molecule has 0 heterocycles. The standard InChI is InChI=1S/C17H17NO4S/c1-11(2)22-17(19)13-6-9-16(15(10-13)18(20)21)23-14-7-4-12(3)5-8-14/h4-11H,1-3H3. The monoisotopic (exact) mass is 331 g/mol. The minimum absolute atomic E-state index is 0.103. The summed E-state index contributed by atoms with van der Waals surface area (Å²) >= 11 is 1.29.